The van der Waals surface area contributed by atoms with Crippen LogP contribution in [0.4, 0.5) is 18.9 Å². The van der Waals surface area contributed by atoms with Crippen molar-refractivity contribution < 1.29 is 22.7 Å². The number of carbonyl (C=O) groups excluding carboxylic acids is 1. The van der Waals surface area contributed by atoms with Gasteiger partial charge in [0.2, 0.25) is 0 Å². The van der Waals surface area contributed by atoms with Crippen molar-refractivity contribution in [3.8, 4) is 0 Å². The topological polar surface area (TPSA) is 41.6 Å². The molecule has 1 aliphatic rings. The van der Waals surface area contributed by atoms with Gasteiger partial charge in [-0.1, -0.05) is 53.5 Å². The van der Waals surface area contributed by atoms with E-state index < -0.39 is 17.8 Å². The van der Waals surface area contributed by atoms with Crippen LogP contribution in [0.5, 0.6) is 0 Å². The maximum Gasteiger partial charge on any atom is 0.499 e. The van der Waals surface area contributed by atoms with Crippen LogP contribution >= 0.6 is 23.2 Å². The number of hydrogen-bond donors (Lipinski definition) is 1. The number of carbonyl (C=O) groups is 1. The molecule has 1 unspecified atom stereocenters. The summed E-state index contributed by atoms with van der Waals surface area (Å²) in [5, 5.41) is 0.861. The molecule has 0 aliphatic carbocycles. The third-order valence-corrected chi connectivity index (χ3v) is 5.05. The number of fused-ring (bicyclic) bond motifs is 1. The summed E-state index contributed by atoms with van der Waals surface area (Å²) >= 11 is 12.2. The predicted octanol–water partition coefficient (Wildman–Crippen LogP) is 5.40. The van der Waals surface area contributed by atoms with Crippen molar-refractivity contribution in [2.45, 2.75) is 25.2 Å². The summed E-state index contributed by atoms with van der Waals surface area (Å²) in [5.74, 6) is -0.654. The van der Waals surface area contributed by atoms with Crippen molar-refractivity contribution in [3.63, 3.8) is 0 Å². The minimum atomic E-state index is -4.68. The fourth-order valence-corrected chi connectivity index (χ4v) is 3.73. The average Bonchev–Trinajstić information content (AvgIpc) is 2.98. The fourth-order valence-electron chi connectivity index (χ4n) is 3.25. The van der Waals surface area contributed by atoms with Gasteiger partial charge in [0.25, 0.3) is 0 Å². The maximum absolute atomic E-state index is 13.7. The van der Waals surface area contributed by atoms with E-state index in [1.165, 1.54) is 24.3 Å². The molecule has 0 saturated carbocycles. The van der Waals surface area contributed by atoms with E-state index >= 15 is 0 Å². The Morgan fingerprint density at radius 3 is 2.62 bits per heavy atom. The number of para-hydroxylation sites is 1. The normalized spacial score (nSPS) is 18.9. The number of nitrogens with one attached hydrogen (secondary N) is 1. The second kappa shape index (κ2) is 8.26. The third-order valence-electron chi connectivity index (χ3n) is 4.47. The zero-order chi connectivity index (χ0) is 21.2. The number of esters is 1. The number of ether oxygens (including phenoxy) is 1. The highest BCUT2D eigenvalue weighted by Crippen LogP contribution is 2.45. The van der Waals surface area contributed by atoms with E-state index in [0.717, 1.165) is 6.08 Å². The monoisotopic (exact) mass is 444 g/mol. The highest BCUT2D eigenvalue weighted by molar-refractivity contribution is 6.35. The number of rotatable bonds is 5. The average molecular weight is 445 g/mol. The van der Waals surface area contributed by atoms with Crippen molar-refractivity contribution in [1.29, 1.82) is 0 Å². The summed E-state index contributed by atoms with van der Waals surface area (Å²) in [4.78, 5) is 11.9. The van der Waals surface area contributed by atoms with Crippen LogP contribution in [0.2, 0.25) is 10.0 Å². The smallest absolute Gasteiger partial charge is 0.463 e. The zero-order valence-electron chi connectivity index (χ0n) is 15.3. The second-order valence-corrected chi connectivity index (χ2v) is 7.25. The number of hydrazine groups is 1. The van der Waals surface area contributed by atoms with Crippen LogP contribution in [0.1, 0.15) is 18.1 Å². The molecule has 29 heavy (non-hydrogen) atoms. The minimum Gasteiger partial charge on any atom is -0.463 e. The minimum absolute atomic E-state index is 0.0441. The van der Waals surface area contributed by atoms with E-state index in [1.54, 1.807) is 31.2 Å². The first kappa shape index (κ1) is 21.5. The zero-order valence-corrected chi connectivity index (χ0v) is 16.8. The van der Waals surface area contributed by atoms with E-state index in [0.29, 0.717) is 21.2 Å². The van der Waals surface area contributed by atoms with Crippen LogP contribution in [0.25, 0.3) is 0 Å². The lowest BCUT2D eigenvalue weighted by Crippen LogP contribution is -2.52. The molecule has 2 aromatic carbocycles. The van der Waals surface area contributed by atoms with Crippen LogP contribution in [0.15, 0.2) is 54.6 Å². The summed E-state index contributed by atoms with van der Waals surface area (Å²) < 4.78 is 45.9. The number of nitrogens with zero attached hydrogens (tertiary/aromatic N) is 1. The van der Waals surface area contributed by atoms with Crippen molar-refractivity contribution in [2.24, 2.45) is 0 Å². The van der Waals surface area contributed by atoms with Crippen molar-refractivity contribution in [3.05, 3.63) is 75.8 Å². The van der Waals surface area contributed by atoms with E-state index in [9.17, 15) is 18.0 Å². The molecule has 154 valence electrons. The molecule has 1 aliphatic heterocycles. The number of halogens is 5. The van der Waals surface area contributed by atoms with Gasteiger partial charge in [0.05, 0.1) is 17.8 Å². The molecule has 0 spiro atoms. The molecule has 2 aromatic rings. The van der Waals surface area contributed by atoms with Crippen LogP contribution in [0.3, 0.4) is 0 Å². The highest BCUT2D eigenvalue weighted by atomic mass is 35.5. The van der Waals surface area contributed by atoms with Gasteiger partial charge in [0, 0.05) is 28.1 Å². The van der Waals surface area contributed by atoms with E-state index in [-0.39, 0.29) is 23.7 Å². The molecular formula is C20H17Cl2F3N2O2. The van der Waals surface area contributed by atoms with Gasteiger partial charge in [-0.2, -0.15) is 0 Å². The Kier molecular flexibility index (Phi) is 6.12. The molecule has 0 radical (unpaired) electrons. The predicted molar refractivity (Wildman–Crippen MR) is 106 cm³/mol. The Bertz CT molecular complexity index is 950. The molecule has 0 amide bonds. The first-order valence-electron chi connectivity index (χ1n) is 8.70. The number of alkyl halides is 3. The summed E-state index contributed by atoms with van der Waals surface area (Å²) in [5.41, 5.74) is 2.00. The SMILES string of the molecule is CCOC(=O)C=CC1(Cc2ccc(Cl)cc2Cl)NN(C(F)(F)F)c2ccccc21. The Balaban J connectivity index is 2.12. The van der Waals surface area contributed by atoms with Gasteiger partial charge in [-0.05, 0) is 30.7 Å². The van der Waals surface area contributed by atoms with Gasteiger partial charge in [0.15, 0.2) is 0 Å². The lowest BCUT2D eigenvalue weighted by Gasteiger charge is -2.30. The summed E-state index contributed by atoms with van der Waals surface area (Å²) in [6.07, 6.45) is -2.14. The molecule has 0 fully saturated rings. The Morgan fingerprint density at radius 1 is 1.24 bits per heavy atom. The summed E-state index contributed by atoms with van der Waals surface area (Å²) in [7, 11) is 0. The molecule has 3 rings (SSSR count). The Labute approximate surface area is 175 Å². The lowest BCUT2D eigenvalue weighted by molar-refractivity contribution is -0.137. The van der Waals surface area contributed by atoms with Crippen LogP contribution in [-0.4, -0.2) is 18.9 Å². The number of hydrogen-bond acceptors (Lipinski definition) is 4. The summed E-state index contributed by atoms with van der Waals surface area (Å²) in [6.45, 7) is 1.79. The molecule has 4 nitrogen and oxygen atoms in total. The van der Waals surface area contributed by atoms with Gasteiger partial charge in [-0.25, -0.2) is 15.2 Å². The summed E-state index contributed by atoms with van der Waals surface area (Å²) in [6, 6.07) is 10.9. The molecule has 1 atom stereocenters. The third kappa shape index (κ3) is 4.52. The molecule has 0 aromatic heterocycles. The standard InChI is InChI=1S/C20H17Cl2F3N2O2/c1-2-29-18(28)9-10-19(12-13-7-8-14(21)11-16(13)22)15-5-3-4-6-17(15)27(26-19)20(23,24)25/h3-11,26H,2,12H2,1H3. The van der Waals surface area contributed by atoms with Gasteiger partial charge in [-0.3, -0.25) is 0 Å². The molecule has 1 heterocycles. The molecule has 0 saturated heterocycles. The Morgan fingerprint density at radius 2 is 1.97 bits per heavy atom. The van der Waals surface area contributed by atoms with Crippen molar-refractivity contribution in [2.75, 3.05) is 11.6 Å². The first-order valence-corrected chi connectivity index (χ1v) is 9.46. The van der Waals surface area contributed by atoms with Gasteiger partial charge >= 0.3 is 12.3 Å². The molecule has 1 N–H and O–H groups in total. The van der Waals surface area contributed by atoms with Crippen molar-refractivity contribution >= 4 is 34.9 Å². The molecule has 9 heteroatoms. The lowest BCUT2D eigenvalue weighted by atomic mass is 9.84. The largest absolute Gasteiger partial charge is 0.499 e. The second-order valence-electron chi connectivity index (χ2n) is 6.40. The molecule has 0 bridgehead atoms. The van der Waals surface area contributed by atoms with Crippen LogP contribution in [-0.2, 0) is 21.5 Å². The van der Waals surface area contributed by atoms with Crippen molar-refractivity contribution in [1.82, 2.24) is 5.43 Å². The fraction of sp³-hybridized carbons (Fsp3) is 0.250. The number of benzene rings is 2. The maximum atomic E-state index is 13.7. The molecular weight excluding hydrogens is 428 g/mol. The quantitative estimate of drug-likeness (QED) is 0.381. The van der Waals surface area contributed by atoms with E-state index in [2.05, 4.69) is 5.43 Å². The Hall–Kier alpha value is -2.22. The van der Waals surface area contributed by atoms with Gasteiger partial charge in [0.1, 0.15) is 0 Å². The van der Waals surface area contributed by atoms with Gasteiger partial charge in [-0.15, -0.1) is 13.2 Å². The van der Waals surface area contributed by atoms with Crippen LogP contribution < -0.4 is 10.4 Å². The first-order chi connectivity index (χ1) is 13.7. The van der Waals surface area contributed by atoms with E-state index in [1.807, 2.05) is 0 Å². The van der Waals surface area contributed by atoms with Gasteiger partial charge < -0.3 is 4.74 Å². The van der Waals surface area contributed by atoms with E-state index in [4.69, 9.17) is 27.9 Å². The number of anilines is 1. The van der Waals surface area contributed by atoms with Crippen LogP contribution in [0, 0.1) is 0 Å². The highest BCUT2D eigenvalue weighted by Gasteiger charge is 2.50.